The topological polar surface area (TPSA) is 93.2 Å². The van der Waals surface area contributed by atoms with Gasteiger partial charge in [0.05, 0.1) is 34.5 Å². The van der Waals surface area contributed by atoms with Crippen molar-refractivity contribution in [3.8, 4) is 0 Å². The molecule has 0 aliphatic carbocycles. The first-order valence-electron chi connectivity index (χ1n) is 18.2. The quantitative estimate of drug-likeness (QED) is 0.0630. The van der Waals surface area contributed by atoms with Gasteiger partial charge in [-0.05, 0) is 97.5 Å². The molecule has 0 aromatic rings. The van der Waals surface area contributed by atoms with Crippen LogP contribution in [0.3, 0.4) is 0 Å². The molecule has 14 heteroatoms. The average molecular weight is 811 g/mol. The fourth-order valence-electron chi connectivity index (χ4n) is 4.79. The lowest BCUT2D eigenvalue weighted by atomic mass is 9.87. The van der Waals surface area contributed by atoms with E-state index >= 15 is 0 Å². The van der Waals surface area contributed by atoms with Crippen molar-refractivity contribution in [2.45, 2.75) is 130 Å². The maximum absolute atomic E-state index is 14.0. The number of nitrogens with zero attached hydrogens (tertiary/aromatic N) is 2. The number of hydrogen-bond acceptors (Lipinski definition) is 12. The minimum Gasteiger partial charge on any atom is -0.465 e. The summed E-state index contributed by atoms with van der Waals surface area (Å²) in [5.74, 6) is 1.37. The van der Waals surface area contributed by atoms with E-state index in [1.807, 2.05) is 51.3 Å². The summed E-state index contributed by atoms with van der Waals surface area (Å²) < 4.78 is 12.5. The van der Waals surface area contributed by atoms with Crippen molar-refractivity contribution in [3.63, 3.8) is 0 Å². The molecule has 2 unspecified atom stereocenters. The van der Waals surface area contributed by atoms with Crippen LogP contribution < -0.4 is 0 Å². The largest absolute Gasteiger partial charge is 0.465 e. The first kappa shape index (κ1) is 47.5. The lowest BCUT2D eigenvalue weighted by molar-refractivity contribution is -0.155. The minimum atomic E-state index is -0.894. The predicted molar refractivity (Wildman–Crippen MR) is 224 cm³/mol. The molecule has 2 amide bonds. The first-order valence-corrected chi connectivity index (χ1v) is 22.7. The van der Waals surface area contributed by atoms with Gasteiger partial charge in [0.1, 0.15) is 7.06 Å². The Hall–Kier alpha value is -0.540. The Labute approximate surface area is 330 Å². The second kappa shape index (κ2) is 25.5. The van der Waals surface area contributed by atoms with E-state index in [-0.39, 0.29) is 29.0 Å². The number of hydrogen-bond donors (Lipinski definition) is 0. The van der Waals surface area contributed by atoms with Crippen LogP contribution >= 0.6 is 71.5 Å². The van der Waals surface area contributed by atoms with E-state index in [0.29, 0.717) is 62.2 Å². The molecule has 1 aliphatic rings. The minimum absolute atomic E-state index is 0.0523. The number of amides is 2. The molecule has 0 N–H and O–H groups in total. The van der Waals surface area contributed by atoms with Gasteiger partial charge in [-0.2, -0.15) is 0 Å². The maximum Gasteiger partial charge on any atom is 0.311 e. The molecule has 0 radical (unpaired) electrons. The van der Waals surface area contributed by atoms with Crippen LogP contribution in [0.4, 0.5) is 0 Å². The number of piperazine rings is 1. The van der Waals surface area contributed by atoms with E-state index in [2.05, 4.69) is 13.8 Å². The number of carbonyl (C=O) groups excluding carboxylic acids is 4. The van der Waals surface area contributed by atoms with Gasteiger partial charge in [0, 0.05) is 26.2 Å². The smallest absolute Gasteiger partial charge is 0.311 e. The number of rotatable bonds is 21. The van der Waals surface area contributed by atoms with E-state index in [1.165, 1.54) is 23.5 Å². The lowest BCUT2D eigenvalue weighted by Gasteiger charge is -2.38. The number of esters is 2. The summed E-state index contributed by atoms with van der Waals surface area (Å²) in [6.07, 6.45) is 8.54. The Morgan fingerprint density at radius 2 is 1.06 bits per heavy atom. The van der Waals surface area contributed by atoms with Gasteiger partial charge in [-0.1, -0.05) is 81.6 Å². The normalized spacial score (nSPS) is 15.0. The van der Waals surface area contributed by atoms with Crippen LogP contribution in [0.15, 0.2) is 0 Å². The van der Waals surface area contributed by atoms with Gasteiger partial charge >= 0.3 is 11.9 Å². The molecule has 0 aromatic carbocycles. The van der Waals surface area contributed by atoms with Crippen LogP contribution in [-0.2, 0) is 28.7 Å². The molecule has 2 atom stereocenters. The molecule has 288 valence electrons. The molecule has 1 fully saturated rings. The van der Waals surface area contributed by atoms with Crippen LogP contribution in [0, 0.1) is 10.8 Å². The van der Waals surface area contributed by atoms with Crippen molar-refractivity contribution in [2.24, 2.45) is 10.8 Å². The van der Waals surface area contributed by atoms with Gasteiger partial charge in [-0.15, -0.1) is 23.5 Å². The van der Waals surface area contributed by atoms with Gasteiger partial charge in [0.2, 0.25) is 11.8 Å². The van der Waals surface area contributed by atoms with Crippen LogP contribution in [0.25, 0.3) is 0 Å². The average Bonchev–Trinajstić information content (AvgIpc) is 3.06. The van der Waals surface area contributed by atoms with Crippen LogP contribution in [0.1, 0.15) is 120 Å². The summed E-state index contributed by atoms with van der Waals surface area (Å²) >= 11 is 17.3. The summed E-state index contributed by atoms with van der Waals surface area (Å²) in [5.41, 5.74) is -1.40. The molecular formula is C36H62N2O6S6. The zero-order valence-electron chi connectivity index (χ0n) is 31.7. The van der Waals surface area contributed by atoms with Crippen molar-refractivity contribution in [1.29, 1.82) is 0 Å². The molecule has 8 nitrogen and oxygen atoms in total. The molecule has 0 saturated carbocycles. The second-order valence-corrected chi connectivity index (χ2v) is 21.2. The Bertz CT molecular complexity index is 1090. The number of ether oxygens (including phenoxy) is 2. The Morgan fingerprint density at radius 1 is 0.640 bits per heavy atom. The van der Waals surface area contributed by atoms with Crippen molar-refractivity contribution < 1.29 is 28.7 Å². The van der Waals surface area contributed by atoms with E-state index in [0.717, 1.165) is 60.0 Å². The molecule has 1 rings (SSSR count). The maximum atomic E-state index is 14.0. The Kier molecular flexibility index (Phi) is 24.2. The highest BCUT2D eigenvalue weighted by molar-refractivity contribution is 8.48. The van der Waals surface area contributed by atoms with Crippen molar-refractivity contribution in [1.82, 2.24) is 9.80 Å². The lowest BCUT2D eigenvalue weighted by Crippen LogP contribution is -2.54. The first-order chi connectivity index (χ1) is 23.6. The van der Waals surface area contributed by atoms with E-state index in [1.54, 1.807) is 23.5 Å². The SMILES string of the molecule is CCCCSC(=S)SC(CC)C(=O)N1CCN(C(=O)C(CC(C)(C)C(=O)OCCCCCCOC(=O)C(C)(C)C)SC(=S)SCCCC)CC1. The number of thioether (sulfide) groups is 4. The van der Waals surface area contributed by atoms with Gasteiger partial charge < -0.3 is 19.3 Å². The highest BCUT2D eigenvalue weighted by Crippen LogP contribution is 2.35. The fraction of sp³-hybridized carbons (Fsp3) is 0.833. The molecule has 1 heterocycles. The summed E-state index contributed by atoms with van der Waals surface area (Å²) in [4.78, 5) is 56.2. The molecule has 50 heavy (non-hydrogen) atoms. The van der Waals surface area contributed by atoms with Gasteiger partial charge in [0.25, 0.3) is 0 Å². The molecule has 1 aliphatic heterocycles. The molecule has 0 aromatic heterocycles. The standard InChI is InChI=1S/C36H62N2O6S6/c1-9-12-24-47-33(45)49-27(11-3)29(39)37-18-20-38(21-19-37)30(40)28(50-34(46)48-25-13-10-2)26-36(7,8)32(42)44-23-17-15-14-16-22-43-31(41)35(4,5)6/h27-28H,9-26H2,1-8H3. The summed E-state index contributed by atoms with van der Waals surface area (Å²) in [5, 5.41) is -0.752. The van der Waals surface area contributed by atoms with E-state index < -0.39 is 16.1 Å². The van der Waals surface area contributed by atoms with E-state index in [9.17, 15) is 19.2 Å². The third-order valence-corrected chi connectivity index (χ3v) is 14.0. The third kappa shape index (κ3) is 19.0. The molecule has 1 saturated heterocycles. The number of carbonyl (C=O) groups is 4. The van der Waals surface area contributed by atoms with E-state index in [4.69, 9.17) is 33.9 Å². The molecule has 0 spiro atoms. The summed E-state index contributed by atoms with van der Waals surface area (Å²) in [6, 6.07) is 0. The number of unbranched alkanes of at least 4 members (excludes halogenated alkanes) is 5. The molecule has 0 bridgehead atoms. The molecular weight excluding hydrogens is 749 g/mol. The predicted octanol–water partition coefficient (Wildman–Crippen LogP) is 9.02. The highest BCUT2D eigenvalue weighted by Gasteiger charge is 2.39. The zero-order valence-corrected chi connectivity index (χ0v) is 36.6. The van der Waals surface area contributed by atoms with Crippen molar-refractivity contribution in [2.75, 3.05) is 50.9 Å². The van der Waals surface area contributed by atoms with Crippen LogP contribution in [-0.4, -0.2) is 102 Å². The highest BCUT2D eigenvalue weighted by atomic mass is 32.2. The summed E-state index contributed by atoms with van der Waals surface area (Å²) in [6.45, 7) is 18.0. The van der Waals surface area contributed by atoms with Gasteiger partial charge in [0.15, 0.2) is 0 Å². The Balaban J connectivity index is 2.74. The zero-order chi connectivity index (χ0) is 37.7. The van der Waals surface area contributed by atoms with Crippen LogP contribution in [0.5, 0.6) is 0 Å². The monoisotopic (exact) mass is 810 g/mol. The van der Waals surface area contributed by atoms with Gasteiger partial charge in [-0.25, -0.2) is 0 Å². The van der Waals surface area contributed by atoms with Crippen molar-refractivity contribution >= 4 is 102 Å². The summed E-state index contributed by atoms with van der Waals surface area (Å²) in [7, 11) is 0. The van der Waals surface area contributed by atoms with Crippen LogP contribution in [0.2, 0.25) is 0 Å². The van der Waals surface area contributed by atoms with Crippen molar-refractivity contribution in [3.05, 3.63) is 0 Å². The fourth-order valence-corrected chi connectivity index (χ4v) is 10.6. The second-order valence-electron chi connectivity index (χ2n) is 14.2. The third-order valence-electron chi connectivity index (χ3n) is 8.10. The Morgan fingerprint density at radius 3 is 1.48 bits per heavy atom. The number of thiocarbonyl (C=S) groups is 2. The van der Waals surface area contributed by atoms with Gasteiger partial charge in [-0.3, -0.25) is 19.2 Å².